The van der Waals surface area contributed by atoms with Gasteiger partial charge in [-0.3, -0.25) is 4.90 Å². The lowest BCUT2D eigenvalue weighted by molar-refractivity contribution is 0.171. The smallest absolute Gasteiger partial charge is 0.161 e. The average Bonchev–Trinajstić information content (AvgIpc) is 2.55. The largest absolute Gasteiger partial charge is 0.486 e. The van der Waals surface area contributed by atoms with Gasteiger partial charge in [0, 0.05) is 12.6 Å². The van der Waals surface area contributed by atoms with Gasteiger partial charge in [0.15, 0.2) is 11.5 Å². The number of fused-ring (bicyclic) bond motifs is 1. The van der Waals surface area contributed by atoms with Crippen molar-refractivity contribution in [2.45, 2.75) is 19.5 Å². The molecule has 1 heterocycles. The SMILES string of the molecule is CC(c1ccccc1)N(C)Cc1ccc2c(c1)OCCO2. The Morgan fingerprint density at radius 2 is 1.71 bits per heavy atom. The Morgan fingerprint density at radius 3 is 2.48 bits per heavy atom. The van der Waals surface area contributed by atoms with Gasteiger partial charge in [-0.25, -0.2) is 0 Å². The summed E-state index contributed by atoms with van der Waals surface area (Å²) in [7, 11) is 2.15. The Kier molecular flexibility index (Phi) is 4.11. The fraction of sp³-hybridized carbons (Fsp3) is 0.333. The van der Waals surface area contributed by atoms with Gasteiger partial charge in [0.2, 0.25) is 0 Å². The van der Waals surface area contributed by atoms with Crippen molar-refractivity contribution in [3.8, 4) is 11.5 Å². The van der Waals surface area contributed by atoms with Crippen molar-refractivity contribution >= 4 is 0 Å². The van der Waals surface area contributed by atoms with Crippen molar-refractivity contribution < 1.29 is 9.47 Å². The first kappa shape index (κ1) is 14.0. The molecule has 0 spiro atoms. The highest BCUT2D eigenvalue weighted by Gasteiger charge is 2.15. The maximum Gasteiger partial charge on any atom is 0.161 e. The predicted molar refractivity (Wildman–Crippen MR) is 83.8 cm³/mol. The lowest BCUT2D eigenvalue weighted by atomic mass is 10.1. The summed E-state index contributed by atoms with van der Waals surface area (Å²) in [5.74, 6) is 1.71. The number of hydrogen-bond donors (Lipinski definition) is 0. The lowest BCUT2D eigenvalue weighted by Gasteiger charge is -2.26. The summed E-state index contributed by atoms with van der Waals surface area (Å²) in [6.45, 7) is 4.38. The van der Waals surface area contributed by atoms with E-state index in [9.17, 15) is 0 Å². The van der Waals surface area contributed by atoms with Gasteiger partial charge in [-0.15, -0.1) is 0 Å². The molecule has 3 heteroatoms. The second-order valence-corrected chi connectivity index (χ2v) is 5.48. The average molecular weight is 283 g/mol. The van der Waals surface area contributed by atoms with Gasteiger partial charge in [0.1, 0.15) is 13.2 Å². The molecular weight excluding hydrogens is 262 g/mol. The third-order valence-corrected chi connectivity index (χ3v) is 3.98. The Morgan fingerprint density at radius 1 is 1.00 bits per heavy atom. The highest BCUT2D eigenvalue weighted by atomic mass is 16.6. The molecule has 0 fully saturated rings. The second kappa shape index (κ2) is 6.19. The minimum absolute atomic E-state index is 0.374. The van der Waals surface area contributed by atoms with Crippen LogP contribution in [-0.4, -0.2) is 25.2 Å². The van der Waals surface area contributed by atoms with Crippen LogP contribution in [0.1, 0.15) is 24.1 Å². The quantitative estimate of drug-likeness (QED) is 0.855. The highest BCUT2D eigenvalue weighted by Crippen LogP contribution is 2.31. The fourth-order valence-electron chi connectivity index (χ4n) is 2.60. The number of rotatable bonds is 4. The Hall–Kier alpha value is -2.00. The molecule has 0 radical (unpaired) electrons. The summed E-state index contributed by atoms with van der Waals surface area (Å²) in [5.41, 5.74) is 2.57. The zero-order valence-corrected chi connectivity index (χ0v) is 12.6. The van der Waals surface area contributed by atoms with Gasteiger partial charge in [0.25, 0.3) is 0 Å². The van der Waals surface area contributed by atoms with E-state index in [4.69, 9.17) is 9.47 Å². The van der Waals surface area contributed by atoms with Crippen molar-refractivity contribution in [1.29, 1.82) is 0 Å². The van der Waals surface area contributed by atoms with Crippen LogP contribution in [0, 0.1) is 0 Å². The molecule has 1 atom stereocenters. The second-order valence-electron chi connectivity index (χ2n) is 5.48. The van der Waals surface area contributed by atoms with Crippen LogP contribution in [0.2, 0.25) is 0 Å². The van der Waals surface area contributed by atoms with Crippen molar-refractivity contribution in [2.75, 3.05) is 20.3 Å². The molecule has 0 bridgehead atoms. The van der Waals surface area contributed by atoms with Crippen LogP contribution < -0.4 is 9.47 Å². The van der Waals surface area contributed by atoms with Gasteiger partial charge >= 0.3 is 0 Å². The van der Waals surface area contributed by atoms with Crippen LogP contribution in [0.15, 0.2) is 48.5 Å². The van der Waals surface area contributed by atoms with Gasteiger partial charge in [-0.2, -0.15) is 0 Å². The van der Waals surface area contributed by atoms with E-state index in [1.54, 1.807) is 0 Å². The zero-order chi connectivity index (χ0) is 14.7. The minimum Gasteiger partial charge on any atom is -0.486 e. The first-order chi connectivity index (χ1) is 10.2. The van der Waals surface area contributed by atoms with E-state index in [1.165, 1.54) is 11.1 Å². The van der Waals surface area contributed by atoms with Crippen LogP contribution in [0.3, 0.4) is 0 Å². The normalized spacial score (nSPS) is 15.0. The number of benzene rings is 2. The summed E-state index contributed by atoms with van der Waals surface area (Å²) in [6, 6.07) is 17.1. The molecule has 0 saturated carbocycles. The van der Waals surface area contributed by atoms with E-state index in [0.29, 0.717) is 19.3 Å². The number of hydrogen-bond acceptors (Lipinski definition) is 3. The van der Waals surface area contributed by atoms with Crippen molar-refractivity contribution in [3.63, 3.8) is 0 Å². The number of nitrogens with zero attached hydrogens (tertiary/aromatic N) is 1. The molecular formula is C18H21NO2. The lowest BCUT2D eigenvalue weighted by Crippen LogP contribution is -2.22. The van der Waals surface area contributed by atoms with Gasteiger partial charge in [-0.05, 0) is 37.2 Å². The van der Waals surface area contributed by atoms with Gasteiger partial charge < -0.3 is 9.47 Å². The maximum absolute atomic E-state index is 5.65. The van der Waals surface area contributed by atoms with Gasteiger partial charge in [-0.1, -0.05) is 36.4 Å². The first-order valence-electron chi connectivity index (χ1n) is 7.38. The molecule has 1 aliphatic rings. The Balaban J connectivity index is 1.71. The summed E-state index contributed by atoms with van der Waals surface area (Å²) in [6.07, 6.45) is 0. The van der Waals surface area contributed by atoms with E-state index in [1.807, 2.05) is 6.07 Å². The van der Waals surface area contributed by atoms with E-state index in [-0.39, 0.29) is 0 Å². The van der Waals surface area contributed by atoms with Crippen molar-refractivity contribution in [1.82, 2.24) is 4.90 Å². The zero-order valence-electron chi connectivity index (χ0n) is 12.6. The summed E-state index contributed by atoms with van der Waals surface area (Å²) < 4.78 is 11.2. The summed E-state index contributed by atoms with van der Waals surface area (Å²) in [5, 5.41) is 0. The van der Waals surface area contributed by atoms with E-state index < -0.39 is 0 Å². The molecule has 2 aromatic rings. The Labute approximate surface area is 126 Å². The fourth-order valence-corrected chi connectivity index (χ4v) is 2.60. The van der Waals surface area contributed by atoms with Crippen LogP contribution in [0.5, 0.6) is 11.5 Å². The molecule has 0 aromatic heterocycles. The molecule has 110 valence electrons. The molecule has 0 saturated heterocycles. The molecule has 1 aliphatic heterocycles. The highest BCUT2D eigenvalue weighted by molar-refractivity contribution is 5.43. The third-order valence-electron chi connectivity index (χ3n) is 3.98. The molecule has 0 aliphatic carbocycles. The molecule has 21 heavy (non-hydrogen) atoms. The molecule has 3 nitrogen and oxygen atoms in total. The van der Waals surface area contributed by atoms with Gasteiger partial charge in [0.05, 0.1) is 0 Å². The van der Waals surface area contributed by atoms with E-state index >= 15 is 0 Å². The summed E-state index contributed by atoms with van der Waals surface area (Å²) >= 11 is 0. The standard InChI is InChI=1S/C18H21NO2/c1-14(16-6-4-3-5-7-16)19(2)13-15-8-9-17-18(12-15)21-11-10-20-17/h3-9,12,14H,10-11,13H2,1-2H3. The monoisotopic (exact) mass is 283 g/mol. The molecule has 2 aromatic carbocycles. The Bertz CT molecular complexity index is 597. The molecule has 3 rings (SSSR count). The van der Waals surface area contributed by atoms with E-state index in [2.05, 4.69) is 61.3 Å². The minimum atomic E-state index is 0.374. The maximum atomic E-state index is 5.65. The van der Waals surface area contributed by atoms with Crippen LogP contribution >= 0.6 is 0 Å². The molecule has 1 unspecified atom stereocenters. The summed E-state index contributed by atoms with van der Waals surface area (Å²) in [4.78, 5) is 2.33. The van der Waals surface area contributed by atoms with Crippen molar-refractivity contribution in [3.05, 3.63) is 59.7 Å². The van der Waals surface area contributed by atoms with Crippen LogP contribution in [0.25, 0.3) is 0 Å². The molecule has 0 amide bonds. The topological polar surface area (TPSA) is 21.7 Å². The number of ether oxygens (including phenoxy) is 2. The third kappa shape index (κ3) is 3.19. The predicted octanol–water partition coefficient (Wildman–Crippen LogP) is 3.65. The van der Waals surface area contributed by atoms with Crippen LogP contribution in [0.4, 0.5) is 0 Å². The van der Waals surface area contributed by atoms with Crippen LogP contribution in [-0.2, 0) is 6.54 Å². The molecule has 0 N–H and O–H groups in total. The van der Waals surface area contributed by atoms with E-state index in [0.717, 1.165) is 18.0 Å². The first-order valence-corrected chi connectivity index (χ1v) is 7.38. The van der Waals surface area contributed by atoms with Crippen molar-refractivity contribution in [2.24, 2.45) is 0 Å².